The molecule has 0 fully saturated rings. The van der Waals surface area contributed by atoms with Gasteiger partial charge < -0.3 is 9.84 Å². The Morgan fingerprint density at radius 2 is 2.21 bits per heavy atom. The summed E-state index contributed by atoms with van der Waals surface area (Å²) in [6.07, 6.45) is -3.02. The number of hydrogen-bond donors (Lipinski definition) is 1. The highest BCUT2D eigenvalue weighted by Gasteiger charge is 2.18. The minimum absolute atomic E-state index is 0.0830. The second kappa shape index (κ2) is 6.81. The number of halogens is 2. The molecule has 0 amide bonds. The zero-order chi connectivity index (χ0) is 14.4. The Balaban J connectivity index is 3.18. The van der Waals surface area contributed by atoms with Crippen molar-refractivity contribution < 1.29 is 23.4 Å². The summed E-state index contributed by atoms with van der Waals surface area (Å²) in [5.41, 5.74) is -0.352. The normalized spacial score (nSPS) is 10.3. The number of aliphatic hydroxyl groups excluding tert-OH is 1. The molecule has 0 radical (unpaired) electrons. The molecule has 19 heavy (non-hydrogen) atoms. The van der Waals surface area contributed by atoms with Crippen LogP contribution in [-0.2, 0) is 22.6 Å². The van der Waals surface area contributed by atoms with E-state index in [1.54, 1.807) is 13.0 Å². The van der Waals surface area contributed by atoms with E-state index in [0.717, 1.165) is 6.07 Å². The van der Waals surface area contributed by atoms with Crippen molar-refractivity contribution >= 4 is 5.97 Å². The SMILES string of the molecule is CCOC(=O)Cc1cc(CO)c(C#N)c(C(F)F)c1. The van der Waals surface area contributed by atoms with Gasteiger partial charge in [0.1, 0.15) is 6.07 Å². The molecular weight excluding hydrogens is 256 g/mol. The zero-order valence-corrected chi connectivity index (χ0v) is 10.3. The number of nitriles is 1. The Bertz CT molecular complexity index is 509. The number of aliphatic hydroxyl groups is 1. The molecule has 1 aromatic carbocycles. The van der Waals surface area contributed by atoms with Crippen LogP contribution in [0.1, 0.15) is 35.6 Å². The van der Waals surface area contributed by atoms with Crippen LogP contribution in [0.2, 0.25) is 0 Å². The topological polar surface area (TPSA) is 70.3 Å². The van der Waals surface area contributed by atoms with Crippen LogP contribution in [-0.4, -0.2) is 17.7 Å². The fourth-order valence-corrected chi connectivity index (χ4v) is 1.71. The maximum Gasteiger partial charge on any atom is 0.310 e. The fourth-order valence-electron chi connectivity index (χ4n) is 1.71. The van der Waals surface area contributed by atoms with Crippen LogP contribution in [0.5, 0.6) is 0 Å². The van der Waals surface area contributed by atoms with Crippen LogP contribution in [0.4, 0.5) is 8.78 Å². The van der Waals surface area contributed by atoms with Gasteiger partial charge in [0.15, 0.2) is 0 Å². The van der Waals surface area contributed by atoms with E-state index in [4.69, 9.17) is 15.1 Å². The molecule has 0 unspecified atom stereocenters. The molecule has 0 saturated carbocycles. The average Bonchev–Trinajstić information content (AvgIpc) is 2.37. The number of alkyl halides is 2. The standard InChI is InChI=1S/C13H13F2NO3/c1-2-19-12(18)5-8-3-9(7-17)11(6-16)10(4-8)13(14)15/h3-4,13,17H,2,5,7H2,1H3. The number of ether oxygens (including phenoxy) is 1. The van der Waals surface area contributed by atoms with Gasteiger partial charge in [-0.2, -0.15) is 5.26 Å². The molecule has 1 rings (SSSR count). The van der Waals surface area contributed by atoms with E-state index in [1.165, 1.54) is 6.07 Å². The summed E-state index contributed by atoms with van der Waals surface area (Å²) in [6, 6.07) is 4.10. The van der Waals surface area contributed by atoms with Gasteiger partial charge in [0.05, 0.1) is 25.2 Å². The highest BCUT2D eigenvalue weighted by molar-refractivity contribution is 5.73. The van der Waals surface area contributed by atoms with Crippen LogP contribution in [0.15, 0.2) is 12.1 Å². The zero-order valence-electron chi connectivity index (χ0n) is 10.3. The molecule has 0 atom stereocenters. The van der Waals surface area contributed by atoms with Crippen LogP contribution < -0.4 is 0 Å². The number of rotatable bonds is 5. The van der Waals surface area contributed by atoms with Gasteiger partial charge in [0, 0.05) is 5.56 Å². The Morgan fingerprint density at radius 3 is 2.68 bits per heavy atom. The van der Waals surface area contributed by atoms with Gasteiger partial charge in [-0.1, -0.05) is 6.07 Å². The van der Waals surface area contributed by atoms with E-state index in [0.29, 0.717) is 0 Å². The van der Waals surface area contributed by atoms with Gasteiger partial charge in [-0.15, -0.1) is 0 Å². The largest absolute Gasteiger partial charge is 0.466 e. The van der Waals surface area contributed by atoms with E-state index in [-0.39, 0.29) is 29.7 Å². The molecule has 0 aliphatic heterocycles. The van der Waals surface area contributed by atoms with Gasteiger partial charge in [0.25, 0.3) is 6.43 Å². The molecule has 0 saturated heterocycles. The highest BCUT2D eigenvalue weighted by atomic mass is 19.3. The smallest absolute Gasteiger partial charge is 0.310 e. The first-order chi connectivity index (χ1) is 9.03. The third kappa shape index (κ3) is 3.73. The predicted molar refractivity (Wildman–Crippen MR) is 62.4 cm³/mol. The van der Waals surface area contributed by atoms with Crippen molar-refractivity contribution in [1.82, 2.24) is 0 Å². The van der Waals surface area contributed by atoms with Crippen LogP contribution in [0.3, 0.4) is 0 Å². The molecular formula is C13H13F2NO3. The van der Waals surface area contributed by atoms with Crippen molar-refractivity contribution in [2.75, 3.05) is 6.61 Å². The van der Waals surface area contributed by atoms with E-state index >= 15 is 0 Å². The molecule has 102 valence electrons. The number of carbonyl (C=O) groups is 1. The third-order valence-corrected chi connectivity index (χ3v) is 2.48. The second-order valence-electron chi connectivity index (χ2n) is 3.77. The molecule has 0 aliphatic rings. The fraction of sp³-hybridized carbons (Fsp3) is 0.385. The van der Waals surface area contributed by atoms with Gasteiger partial charge in [0.2, 0.25) is 0 Å². The van der Waals surface area contributed by atoms with Crippen molar-refractivity contribution in [2.24, 2.45) is 0 Å². The summed E-state index contributed by atoms with van der Waals surface area (Å²) in [5.74, 6) is -0.545. The summed E-state index contributed by atoms with van der Waals surface area (Å²) in [5, 5.41) is 18.0. The molecule has 0 bridgehead atoms. The lowest BCUT2D eigenvalue weighted by molar-refractivity contribution is -0.142. The molecule has 0 aliphatic carbocycles. The number of esters is 1. The molecule has 0 aromatic heterocycles. The first-order valence-corrected chi connectivity index (χ1v) is 5.63. The summed E-state index contributed by atoms with van der Waals surface area (Å²) in [6.45, 7) is 1.30. The van der Waals surface area contributed by atoms with Crippen molar-refractivity contribution in [3.05, 3.63) is 34.4 Å². The first kappa shape index (κ1) is 15.1. The number of benzene rings is 1. The van der Waals surface area contributed by atoms with Crippen molar-refractivity contribution in [2.45, 2.75) is 26.4 Å². The average molecular weight is 269 g/mol. The molecule has 4 nitrogen and oxygen atoms in total. The van der Waals surface area contributed by atoms with E-state index in [2.05, 4.69) is 0 Å². The number of carbonyl (C=O) groups excluding carboxylic acids is 1. The third-order valence-electron chi connectivity index (χ3n) is 2.48. The quantitative estimate of drug-likeness (QED) is 0.831. The minimum atomic E-state index is -2.85. The van der Waals surface area contributed by atoms with Gasteiger partial charge in [-0.05, 0) is 24.1 Å². The summed E-state index contributed by atoms with van der Waals surface area (Å²) < 4.78 is 30.4. The van der Waals surface area contributed by atoms with Crippen LogP contribution in [0.25, 0.3) is 0 Å². The van der Waals surface area contributed by atoms with Crippen LogP contribution >= 0.6 is 0 Å². The Labute approximate surface area is 109 Å². The van der Waals surface area contributed by atoms with Gasteiger partial charge in [-0.3, -0.25) is 4.79 Å². The van der Waals surface area contributed by atoms with Crippen LogP contribution in [0, 0.1) is 11.3 Å². The summed E-state index contributed by atoms with van der Waals surface area (Å²) >= 11 is 0. The monoisotopic (exact) mass is 269 g/mol. The molecule has 1 aromatic rings. The number of nitrogens with zero attached hydrogens (tertiary/aromatic N) is 1. The maximum atomic E-state index is 12.8. The number of hydrogen-bond acceptors (Lipinski definition) is 4. The first-order valence-electron chi connectivity index (χ1n) is 5.63. The van der Waals surface area contributed by atoms with E-state index < -0.39 is 24.6 Å². The Hall–Kier alpha value is -2.00. The summed E-state index contributed by atoms with van der Waals surface area (Å²) in [7, 11) is 0. The second-order valence-corrected chi connectivity index (χ2v) is 3.77. The Morgan fingerprint density at radius 1 is 1.53 bits per heavy atom. The summed E-state index contributed by atoms with van der Waals surface area (Å²) in [4.78, 5) is 11.3. The predicted octanol–water partition coefficient (Wildman–Crippen LogP) is 2.09. The molecule has 0 heterocycles. The van der Waals surface area contributed by atoms with E-state index in [1.807, 2.05) is 0 Å². The highest BCUT2D eigenvalue weighted by Crippen LogP contribution is 2.27. The van der Waals surface area contributed by atoms with Crippen molar-refractivity contribution in [3.8, 4) is 6.07 Å². The maximum absolute atomic E-state index is 12.8. The molecule has 0 spiro atoms. The Kier molecular flexibility index (Phi) is 5.39. The van der Waals surface area contributed by atoms with Crippen molar-refractivity contribution in [1.29, 1.82) is 5.26 Å². The lowest BCUT2D eigenvalue weighted by Crippen LogP contribution is -2.09. The molecule has 1 N–H and O–H groups in total. The van der Waals surface area contributed by atoms with Gasteiger partial charge >= 0.3 is 5.97 Å². The lowest BCUT2D eigenvalue weighted by Gasteiger charge is -2.10. The minimum Gasteiger partial charge on any atom is -0.466 e. The lowest BCUT2D eigenvalue weighted by atomic mass is 9.97. The van der Waals surface area contributed by atoms with Gasteiger partial charge in [-0.25, -0.2) is 8.78 Å². The molecule has 6 heteroatoms. The van der Waals surface area contributed by atoms with Crippen molar-refractivity contribution in [3.63, 3.8) is 0 Å². The van der Waals surface area contributed by atoms with E-state index in [9.17, 15) is 13.6 Å².